The molecule has 0 radical (unpaired) electrons. The van der Waals surface area contributed by atoms with Crippen molar-refractivity contribution >= 4 is 44.5 Å². The van der Waals surface area contributed by atoms with Crippen LogP contribution >= 0.6 is 0 Å². The Morgan fingerprint density at radius 1 is 0.540 bits per heavy atom. The lowest BCUT2D eigenvalue weighted by Crippen LogP contribution is -2.43. The maximum absolute atomic E-state index is 15.5. The van der Waals surface area contributed by atoms with Gasteiger partial charge in [-0.25, -0.2) is 0 Å². The molecule has 10 nitrogen and oxygen atoms in total. The SMILES string of the molecule is CO[C@H](c1ccc(O)cc1)[C@@]1(OC)C(=O)/C(=C2/C(=O)[C@](OC)([C@@H](OC)c3ccc(O)cc3)c3[nH]c4ccccc4c32)c2c1[nH]c1ccccc21. The van der Waals surface area contributed by atoms with Gasteiger partial charge in [0.1, 0.15) is 23.7 Å². The number of fused-ring (bicyclic) bond motifs is 6. The van der Waals surface area contributed by atoms with Gasteiger partial charge in [0, 0.05) is 72.5 Å². The highest BCUT2D eigenvalue weighted by Crippen LogP contribution is 2.60. The Bertz CT molecular complexity index is 2190. The maximum atomic E-state index is 15.5. The molecule has 2 aliphatic rings. The average molecular weight is 671 g/mol. The van der Waals surface area contributed by atoms with Crippen molar-refractivity contribution in [1.82, 2.24) is 9.97 Å². The lowest BCUT2D eigenvalue weighted by molar-refractivity contribution is -0.159. The summed E-state index contributed by atoms with van der Waals surface area (Å²) in [5, 5.41) is 21.6. The molecule has 0 aliphatic heterocycles. The second kappa shape index (κ2) is 11.5. The highest BCUT2D eigenvalue weighted by atomic mass is 16.5. The first-order valence-electron chi connectivity index (χ1n) is 16.1. The van der Waals surface area contributed by atoms with Crippen molar-refractivity contribution in [1.29, 1.82) is 0 Å². The second-order valence-electron chi connectivity index (χ2n) is 12.5. The molecule has 0 amide bonds. The van der Waals surface area contributed by atoms with E-state index < -0.39 is 35.0 Å². The summed E-state index contributed by atoms with van der Waals surface area (Å²) in [4.78, 5) is 37.9. The highest BCUT2D eigenvalue weighted by Gasteiger charge is 2.64. The van der Waals surface area contributed by atoms with E-state index in [0.29, 0.717) is 33.6 Å². The molecule has 0 unspecified atom stereocenters. The fourth-order valence-corrected chi connectivity index (χ4v) is 8.14. The quantitative estimate of drug-likeness (QED) is 0.133. The Hall–Kier alpha value is -5.52. The van der Waals surface area contributed by atoms with Crippen LogP contribution in [-0.4, -0.2) is 60.2 Å². The number of nitrogens with one attached hydrogen (secondary N) is 2. The first-order valence-corrected chi connectivity index (χ1v) is 16.1. The van der Waals surface area contributed by atoms with E-state index in [1.807, 2.05) is 48.5 Å². The number of aromatic nitrogens is 2. The number of ketones is 2. The molecule has 0 bridgehead atoms. The van der Waals surface area contributed by atoms with Crippen molar-refractivity contribution in [2.24, 2.45) is 0 Å². The molecule has 2 aromatic heterocycles. The van der Waals surface area contributed by atoms with Gasteiger partial charge in [-0.15, -0.1) is 0 Å². The predicted molar refractivity (Wildman–Crippen MR) is 187 cm³/mol. The van der Waals surface area contributed by atoms with Crippen molar-refractivity contribution in [2.75, 3.05) is 28.4 Å². The van der Waals surface area contributed by atoms with Crippen LogP contribution in [0.15, 0.2) is 97.1 Å². The number of aromatic hydroxyl groups is 2. The molecule has 2 heterocycles. The minimum absolute atomic E-state index is 0.0579. The molecule has 4 atom stereocenters. The number of aromatic amines is 2. The maximum Gasteiger partial charge on any atom is 0.205 e. The Labute approximate surface area is 286 Å². The topological polar surface area (TPSA) is 143 Å². The van der Waals surface area contributed by atoms with E-state index >= 15 is 9.59 Å². The second-order valence-corrected chi connectivity index (χ2v) is 12.5. The number of benzene rings is 4. The summed E-state index contributed by atoms with van der Waals surface area (Å²) in [6.45, 7) is 0. The molecule has 10 heteroatoms. The summed E-state index contributed by atoms with van der Waals surface area (Å²) in [5.41, 5.74) is 1.40. The molecule has 0 fully saturated rings. The lowest BCUT2D eigenvalue weighted by Gasteiger charge is -2.35. The standard InChI is InChI=1S/C40H34N2O8/c1-47-37(21-13-17-23(43)18-14-21)39(49-3)33-29(25-9-5-7-11-27(25)41-33)31(35(39)45)32-30-26-10-6-8-12-28(26)42-34(30)40(50-4,36(32)46)38(48-2)22-15-19-24(44)20-16-22/h5-20,37-38,41-44H,1-4H3/b32-31+/t37-,38+,39-,40-/m0/s1. The molecule has 0 saturated heterocycles. The van der Waals surface area contributed by atoms with E-state index in [-0.39, 0.29) is 22.6 Å². The number of phenols is 2. The molecule has 4 aromatic carbocycles. The molecule has 50 heavy (non-hydrogen) atoms. The molecule has 2 aliphatic carbocycles. The van der Waals surface area contributed by atoms with Gasteiger partial charge in [0.05, 0.1) is 11.4 Å². The summed E-state index contributed by atoms with van der Waals surface area (Å²) < 4.78 is 24.8. The van der Waals surface area contributed by atoms with E-state index in [1.165, 1.54) is 52.7 Å². The van der Waals surface area contributed by atoms with E-state index in [9.17, 15) is 10.2 Å². The Morgan fingerprint density at radius 3 is 1.24 bits per heavy atom. The zero-order valence-corrected chi connectivity index (χ0v) is 27.7. The summed E-state index contributed by atoms with van der Waals surface area (Å²) in [6.07, 6.45) is -1.97. The third-order valence-corrected chi connectivity index (χ3v) is 10.3. The Morgan fingerprint density at radius 2 is 0.900 bits per heavy atom. The van der Waals surface area contributed by atoms with Crippen LogP contribution in [-0.2, 0) is 39.7 Å². The number of phenolic OH excluding ortho intramolecular Hbond substituents is 2. The first kappa shape index (κ1) is 31.7. The summed E-state index contributed by atoms with van der Waals surface area (Å²) in [6, 6.07) is 28.0. The molecule has 252 valence electrons. The van der Waals surface area contributed by atoms with Gasteiger partial charge >= 0.3 is 0 Å². The monoisotopic (exact) mass is 670 g/mol. The number of Topliss-reactive ketones (excluding diaryl/α,β-unsaturated/α-hetero) is 2. The summed E-state index contributed by atoms with van der Waals surface area (Å²) >= 11 is 0. The largest absolute Gasteiger partial charge is 0.508 e. The number of para-hydroxylation sites is 2. The minimum atomic E-state index is -1.76. The van der Waals surface area contributed by atoms with Crippen LogP contribution in [0.5, 0.6) is 11.5 Å². The van der Waals surface area contributed by atoms with Crippen molar-refractivity contribution < 1.29 is 38.7 Å². The number of rotatable bonds is 8. The fourth-order valence-electron chi connectivity index (χ4n) is 8.14. The number of carbonyl (C=O) groups excluding carboxylic acids is 2. The van der Waals surface area contributed by atoms with Crippen LogP contribution in [0.2, 0.25) is 0 Å². The van der Waals surface area contributed by atoms with Crippen molar-refractivity contribution in [3.05, 3.63) is 131 Å². The van der Waals surface area contributed by atoms with Gasteiger partial charge in [-0.05, 0) is 47.5 Å². The average Bonchev–Trinajstić information content (AvgIpc) is 3.83. The van der Waals surface area contributed by atoms with E-state index in [4.69, 9.17) is 18.9 Å². The number of H-pyrrole nitrogens is 2. The van der Waals surface area contributed by atoms with Gasteiger partial charge in [-0.3, -0.25) is 9.59 Å². The Balaban J connectivity index is 1.49. The predicted octanol–water partition coefficient (Wildman–Crippen LogP) is 6.60. The number of hydrogen-bond acceptors (Lipinski definition) is 8. The molecule has 0 saturated carbocycles. The van der Waals surface area contributed by atoms with E-state index in [2.05, 4.69) is 9.97 Å². The van der Waals surface area contributed by atoms with Gasteiger partial charge in [0.2, 0.25) is 22.8 Å². The van der Waals surface area contributed by atoms with Gasteiger partial charge in [-0.2, -0.15) is 0 Å². The number of hydrogen-bond donors (Lipinski definition) is 4. The highest BCUT2D eigenvalue weighted by molar-refractivity contribution is 6.49. The number of ether oxygens (including phenoxy) is 4. The molecular weight excluding hydrogens is 636 g/mol. The van der Waals surface area contributed by atoms with Gasteiger partial charge in [0.25, 0.3) is 0 Å². The third-order valence-electron chi connectivity index (χ3n) is 10.3. The Kier molecular flexibility index (Phi) is 7.32. The molecular formula is C40H34N2O8. The zero-order chi connectivity index (χ0) is 34.9. The normalized spacial score (nSPS) is 22.7. The van der Waals surface area contributed by atoms with Crippen LogP contribution in [0.4, 0.5) is 0 Å². The molecule has 6 aromatic rings. The van der Waals surface area contributed by atoms with Crippen LogP contribution in [0.25, 0.3) is 33.0 Å². The number of methoxy groups -OCH3 is 4. The van der Waals surface area contributed by atoms with Gasteiger partial charge in [-0.1, -0.05) is 60.7 Å². The van der Waals surface area contributed by atoms with Crippen molar-refractivity contribution in [3.8, 4) is 11.5 Å². The van der Waals surface area contributed by atoms with Crippen LogP contribution in [0.1, 0.15) is 45.8 Å². The van der Waals surface area contributed by atoms with Gasteiger partial charge < -0.3 is 39.1 Å². The smallest absolute Gasteiger partial charge is 0.205 e. The summed E-state index contributed by atoms with van der Waals surface area (Å²) in [5.74, 6) is -0.834. The van der Waals surface area contributed by atoms with Gasteiger partial charge in [0.15, 0.2) is 0 Å². The summed E-state index contributed by atoms with van der Waals surface area (Å²) in [7, 11) is 5.89. The fraction of sp³-hybridized carbons (Fsp3) is 0.200. The van der Waals surface area contributed by atoms with E-state index in [1.54, 1.807) is 24.3 Å². The van der Waals surface area contributed by atoms with Crippen LogP contribution < -0.4 is 0 Å². The van der Waals surface area contributed by atoms with Crippen LogP contribution in [0, 0.1) is 0 Å². The van der Waals surface area contributed by atoms with Crippen molar-refractivity contribution in [3.63, 3.8) is 0 Å². The number of carbonyl (C=O) groups is 2. The zero-order valence-electron chi connectivity index (χ0n) is 27.7. The lowest BCUT2D eigenvalue weighted by atomic mass is 9.83. The minimum Gasteiger partial charge on any atom is -0.508 e. The molecule has 8 rings (SSSR count). The van der Waals surface area contributed by atoms with Crippen LogP contribution in [0.3, 0.4) is 0 Å². The van der Waals surface area contributed by atoms with Crippen molar-refractivity contribution in [2.45, 2.75) is 23.4 Å². The molecule has 4 N–H and O–H groups in total. The van der Waals surface area contributed by atoms with E-state index in [0.717, 1.165) is 21.8 Å². The molecule has 0 spiro atoms. The first-order chi connectivity index (χ1) is 24.3. The third kappa shape index (κ3) is 4.04.